The predicted octanol–water partition coefficient (Wildman–Crippen LogP) is 3.28. The molecule has 1 aromatic carbocycles. The molecule has 2 N–H and O–H groups in total. The summed E-state index contributed by atoms with van der Waals surface area (Å²) in [4.78, 5) is 11.1. The second-order valence-corrected chi connectivity index (χ2v) is 6.76. The Morgan fingerprint density at radius 3 is 2.80 bits per heavy atom. The molecule has 6 nitrogen and oxygen atoms in total. The molecule has 0 saturated carbocycles. The third-order valence-corrected chi connectivity index (χ3v) is 4.98. The van der Waals surface area contributed by atoms with Gasteiger partial charge in [-0.1, -0.05) is 41.6 Å². The maximum absolute atomic E-state index is 11.1. The molecule has 0 saturated heterocycles. The molecule has 0 unspecified atom stereocenters. The van der Waals surface area contributed by atoms with Crippen LogP contribution in [-0.4, -0.2) is 20.7 Å². The topological polar surface area (TPSA) is 86.9 Å². The van der Waals surface area contributed by atoms with Crippen molar-refractivity contribution in [3.63, 3.8) is 0 Å². The van der Waals surface area contributed by atoms with Crippen molar-refractivity contribution >= 4 is 29.3 Å². The molecule has 8 heteroatoms. The molecule has 0 spiro atoms. The lowest BCUT2D eigenvalue weighted by Crippen LogP contribution is -2.14. The first kappa shape index (κ1) is 17.6. The van der Waals surface area contributed by atoms with E-state index in [9.17, 15) is 4.79 Å². The zero-order valence-corrected chi connectivity index (χ0v) is 15.0. The molecule has 3 aromatic rings. The van der Waals surface area contributed by atoms with Crippen molar-refractivity contribution in [2.45, 2.75) is 30.3 Å². The van der Waals surface area contributed by atoms with Crippen molar-refractivity contribution < 1.29 is 9.21 Å². The molecular formula is C17H17ClN4O2S. The van der Waals surface area contributed by atoms with Gasteiger partial charge in [-0.05, 0) is 23.8 Å². The second kappa shape index (κ2) is 8.22. The molecule has 0 aliphatic heterocycles. The van der Waals surface area contributed by atoms with E-state index >= 15 is 0 Å². The lowest BCUT2D eigenvalue weighted by Gasteiger charge is -2.09. The molecule has 0 aliphatic rings. The van der Waals surface area contributed by atoms with E-state index < -0.39 is 0 Å². The van der Waals surface area contributed by atoms with E-state index in [-0.39, 0.29) is 12.3 Å². The number of hydrogen-bond acceptors (Lipinski definition) is 5. The van der Waals surface area contributed by atoms with E-state index in [1.165, 1.54) is 11.8 Å². The molecule has 2 aromatic heterocycles. The lowest BCUT2D eigenvalue weighted by atomic mass is 10.2. The van der Waals surface area contributed by atoms with Crippen molar-refractivity contribution in [1.29, 1.82) is 0 Å². The number of rotatable bonds is 8. The van der Waals surface area contributed by atoms with E-state index in [1.54, 1.807) is 6.26 Å². The van der Waals surface area contributed by atoms with Gasteiger partial charge in [0.1, 0.15) is 11.6 Å². The molecule has 0 fully saturated rings. The zero-order chi connectivity index (χ0) is 17.6. The highest BCUT2D eigenvalue weighted by atomic mass is 35.5. The Bertz CT molecular complexity index is 848. The molecule has 25 heavy (non-hydrogen) atoms. The normalized spacial score (nSPS) is 10.9. The van der Waals surface area contributed by atoms with Gasteiger partial charge >= 0.3 is 0 Å². The number of furan rings is 1. The van der Waals surface area contributed by atoms with Crippen LogP contribution >= 0.6 is 23.4 Å². The highest BCUT2D eigenvalue weighted by molar-refractivity contribution is 7.98. The van der Waals surface area contributed by atoms with Crippen LogP contribution < -0.4 is 5.73 Å². The maximum atomic E-state index is 11.1. The number of amides is 1. The first-order valence-electron chi connectivity index (χ1n) is 7.72. The number of carbonyl (C=O) groups excluding carboxylic acids is 1. The molecule has 2 heterocycles. The van der Waals surface area contributed by atoms with Crippen molar-refractivity contribution in [3.05, 3.63) is 64.8 Å². The SMILES string of the molecule is NC(=O)CCc1nnc(SCc2ccccc2Cl)n1Cc1ccco1. The van der Waals surface area contributed by atoms with E-state index in [4.69, 9.17) is 21.8 Å². The van der Waals surface area contributed by atoms with Crippen molar-refractivity contribution in [1.82, 2.24) is 14.8 Å². The van der Waals surface area contributed by atoms with Crippen LogP contribution in [0.5, 0.6) is 0 Å². The number of aryl methyl sites for hydroxylation is 1. The van der Waals surface area contributed by atoms with E-state index in [2.05, 4.69) is 10.2 Å². The smallest absolute Gasteiger partial charge is 0.217 e. The maximum Gasteiger partial charge on any atom is 0.217 e. The second-order valence-electron chi connectivity index (χ2n) is 5.41. The third kappa shape index (κ3) is 4.64. The summed E-state index contributed by atoms with van der Waals surface area (Å²) in [5.41, 5.74) is 6.28. The molecule has 0 bridgehead atoms. The highest BCUT2D eigenvalue weighted by Gasteiger charge is 2.15. The molecule has 130 valence electrons. The Balaban J connectivity index is 1.79. The Labute approximate surface area is 154 Å². The van der Waals surface area contributed by atoms with Gasteiger partial charge in [0.25, 0.3) is 0 Å². The van der Waals surface area contributed by atoms with Crippen LogP contribution in [0.15, 0.2) is 52.2 Å². The minimum atomic E-state index is -0.363. The molecule has 1 amide bonds. The van der Waals surface area contributed by atoms with Crippen LogP contribution in [-0.2, 0) is 23.5 Å². The molecular weight excluding hydrogens is 360 g/mol. The number of benzene rings is 1. The minimum absolute atomic E-state index is 0.228. The van der Waals surface area contributed by atoms with Crippen LogP contribution in [0.1, 0.15) is 23.6 Å². The first-order chi connectivity index (χ1) is 12.1. The largest absolute Gasteiger partial charge is 0.467 e. The predicted molar refractivity (Wildman–Crippen MR) is 96.4 cm³/mol. The van der Waals surface area contributed by atoms with Crippen LogP contribution in [0.4, 0.5) is 0 Å². The van der Waals surface area contributed by atoms with Gasteiger partial charge in [-0.25, -0.2) is 0 Å². The highest BCUT2D eigenvalue weighted by Crippen LogP contribution is 2.26. The van der Waals surface area contributed by atoms with E-state index in [1.807, 2.05) is 41.0 Å². The third-order valence-electron chi connectivity index (χ3n) is 3.60. The van der Waals surface area contributed by atoms with Gasteiger partial charge in [-0.2, -0.15) is 0 Å². The lowest BCUT2D eigenvalue weighted by molar-refractivity contribution is -0.118. The summed E-state index contributed by atoms with van der Waals surface area (Å²) in [6, 6.07) is 11.4. The summed E-state index contributed by atoms with van der Waals surface area (Å²) >= 11 is 7.75. The molecule has 0 aliphatic carbocycles. The average Bonchev–Trinajstić information content (AvgIpc) is 3.23. The van der Waals surface area contributed by atoms with Gasteiger partial charge in [0.2, 0.25) is 5.91 Å². The molecule has 0 radical (unpaired) electrons. The summed E-state index contributed by atoms with van der Waals surface area (Å²) in [5, 5.41) is 9.94. The van der Waals surface area contributed by atoms with E-state index in [0.717, 1.165) is 21.5 Å². The number of nitrogens with two attached hydrogens (primary N) is 1. The number of nitrogens with zero attached hydrogens (tertiary/aromatic N) is 3. The number of carbonyl (C=O) groups is 1. The fourth-order valence-corrected chi connectivity index (χ4v) is 3.56. The van der Waals surface area contributed by atoms with Gasteiger partial charge in [0.15, 0.2) is 5.16 Å². The van der Waals surface area contributed by atoms with Crippen LogP contribution in [0.2, 0.25) is 5.02 Å². The van der Waals surface area contributed by atoms with Gasteiger partial charge in [0.05, 0.1) is 12.8 Å². The standard InChI is InChI=1S/C17H17ClN4O2S/c18-14-6-2-1-4-12(14)11-25-17-21-20-16(8-7-15(19)23)22(17)10-13-5-3-9-24-13/h1-6,9H,7-8,10-11H2,(H2,19,23). The quantitative estimate of drug-likeness (QED) is 0.609. The zero-order valence-electron chi connectivity index (χ0n) is 13.4. The minimum Gasteiger partial charge on any atom is -0.467 e. The summed E-state index contributed by atoms with van der Waals surface area (Å²) < 4.78 is 7.37. The Hall–Kier alpha value is -2.25. The Kier molecular flexibility index (Phi) is 5.78. The average molecular weight is 377 g/mol. The number of aromatic nitrogens is 3. The van der Waals surface area contributed by atoms with Gasteiger partial charge < -0.3 is 10.2 Å². The number of hydrogen-bond donors (Lipinski definition) is 1. The van der Waals surface area contributed by atoms with Crippen molar-refractivity contribution in [3.8, 4) is 0 Å². The van der Waals surface area contributed by atoms with Crippen LogP contribution in [0.3, 0.4) is 0 Å². The first-order valence-corrected chi connectivity index (χ1v) is 9.09. The number of thioether (sulfide) groups is 1. The summed E-state index contributed by atoms with van der Waals surface area (Å²) in [6.45, 7) is 0.499. The van der Waals surface area contributed by atoms with Crippen LogP contribution in [0, 0.1) is 0 Å². The summed E-state index contributed by atoms with van der Waals surface area (Å²) in [7, 11) is 0. The fraction of sp³-hybridized carbons (Fsp3) is 0.235. The molecule has 0 atom stereocenters. The molecule has 3 rings (SSSR count). The number of halogens is 1. The van der Waals surface area contributed by atoms with E-state index in [0.29, 0.717) is 24.5 Å². The van der Waals surface area contributed by atoms with Crippen LogP contribution in [0.25, 0.3) is 0 Å². The monoisotopic (exact) mass is 376 g/mol. The fourth-order valence-electron chi connectivity index (χ4n) is 2.32. The summed E-state index contributed by atoms with van der Waals surface area (Å²) in [5.74, 6) is 1.81. The van der Waals surface area contributed by atoms with Crippen molar-refractivity contribution in [2.75, 3.05) is 0 Å². The summed E-state index contributed by atoms with van der Waals surface area (Å²) in [6.07, 6.45) is 2.29. The van der Waals surface area contributed by atoms with Gasteiger partial charge in [-0.15, -0.1) is 10.2 Å². The Morgan fingerprint density at radius 1 is 1.24 bits per heavy atom. The van der Waals surface area contributed by atoms with Crippen molar-refractivity contribution in [2.24, 2.45) is 5.73 Å². The van der Waals surface area contributed by atoms with Gasteiger partial charge in [-0.3, -0.25) is 9.36 Å². The van der Waals surface area contributed by atoms with Gasteiger partial charge in [0, 0.05) is 23.6 Å². The Morgan fingerprint density at radius 2 is 2.08 bits per heavy atom. The number of primary amides is 1.